The highest BCUT2D eigenvalue weighted by Crippen LogP contribution is 2.19. The minimum absolute atomic E-state index is 0.0535. The Morgan fingerprint density at radius 2 is 2.00 bits per heavy atom. The van der Waals surface area contributed by atoms with Gasteiger partial charge in [-0.05, 0) is 19.2 Å². The number of ketones is 1. The molecule has 0 aliphatic carbocycles. The number of Topliss-reactive ketones (excluding diaryl/α,β-unsaturated/α-hetero) is 1. The number of rotatable bonds is 4. The largest absolute Gasteiger partial charge is 0.336 e. The maximum atomic E-state index is 12.0. The third-order valence-electron chi connectivity index (χ3n) is 3.25. The summed E-state index contributed by atoms with van der Waals surface area (Å²) in [7, 11) is 3.30. The number of anilines is 1. The molecule has 1 heterocycles. The Morgan fingerprint density at radius 1 is 1.25 bits per heavy atom. The Hall–Kier alpha value is -2.21. The van der Waals surface area contributed by atoms with Gasteiger partial charge in [0.05, 0.1) is 6.54 Å². The van der Waals surface area contributed by atoms with Crippen molar-refractivity contribution in [2.75, 3.05) is 38.6 Å². The van der Waals surface area contributed by atoms with Crippen molar-refractivity contribution < 1.29 is 14.4 Å². The monoisotopic (exact) mass is 275 g/mol. The van der Waals surface area contributed by atoms with Gasteiger partial charge >= 0.3 is 11.8 Å². The molecule has 0 radical (unpaired) electrons. The number of amides is 2. The molecule has 1 aliphatic rings. The van der Waals surface area contributed by atoms with Gasteiger partial charge < -0.3 is 15.1 Å². The molecule has 0 unspecified atom stereocenters. The van der Waals surface area contributed by atoms with E-state index in [9.17, 15) is 14.4 Å². The van der Waals surface area contributed by atoms with Gasteiger partial charge in [0.25, 0.3) is 0 Å². The zero-order chi connectivity index (χ0) is 14.7. The van der Waals surface area contributed by atoms with Crippen LogP contribution >= 0.6 is 0 Å². The highest BCUT2D eigenvalue weighted by Gasteiger charge is 2.31. The smallest absolute Gasteiger partial charge is 0.316 e. The lowest BCUT2D eigenvalue weighted by molar-refractivity contribution is -0.145. The first-order chi connectivity index (χ1) is 9.54. The summed E-state index contributed by atoms with van der Waals surface area (Å²) >= 11 is 0. The molecule has 0 spiro atoms. The van der Waals surface area contributed by atoms with E-state index in [-0.39, 0.29) is 12.3 Å². The lowest BCUT2D eigenvalue weighted by atomic mass is 10.1. The number of likely N-dealkylation sites (N-methyl/N-ethyl adjacent to an activating group) is 2. The van der Waals surface area contributed by atoms with Crippen molar-refractivity contribution in [1.29, 1.82) is 0 Å². The van der Waals surface area contributed by atoms with Crippen LogP contribution in [0.4, 0.5) is 5.69 Å². The van der Waals surface area contributed by atoms with Gasteiger partial charge in [0.15, 0.2) is 5.78 Å². The summed E-state index contributed by atoms with van der Waals surface area (Å²) in [5, 5.41) is 2.80. The number of hydrogen-bond donors (Lipinski definition) is 1. The molecule has 1 fully saturated rings. The third kappa shape index (κ3) is 2.70. The SMILES string of the molecule is CNCC(=O)c1cccc(N2CCN(C)C(=O)C2=O)c1. The van der Waals surface area contributed by atoms with Gasteiger partial charge in [-0.2, -0.15) is 0 Å². The third-order valence-corrected chi connectivity index (χ3v) is 3.25. The fourth-order valence-corrected chi connectivity index (χ4v) is 2.09. The van der Waals surface area contributed by atoms with Gasteiger partial charge in [-0.15, -0.1) is 0 Å². The van der Waals surface area contributed by atoms with Crippen LogP contribution < -0.4 is 10.2 Å². The number of benzene rings is 1. The topological polar surface area (TPSA) is 69.7 Å². The number of piperazine rings is 1. The molecule has 0 aromatic heterocycles. The van der Waals surface area contributed by atoms with E-state index in [1.807, 2.05) is 0 Å². The number of carbonyl (C=O) groups is 3. The van der Waals surface area contributed by atoms with Crippen LogP contribution in [0.5, 0.6) is 0 Å². The molecule has 2 rings (SSSR count). The highest BCUT2D eigenvalue weighted by molar-refractivity contribution is 6.40. The number of nitrogens with one attached hydrogen (secondary N) is 1. The van der Waals surface area contributed by atoms with E-state index in [0.29, 0.717) is 24.3 Å². The fourth-order valence-electron chi connectivity index (χ4n) is 2.09. The lowest BCUT2D eigenvalue weighted by Gasteiger charge is -2.31. The van der Waals surface area contributed by atoms with Gasteiger partial charge in [-0.3, -0.25) is 14.4 Å². The summed E-state index contributed by atoms with van der Waals surface area (Å²) in [6.07, 6.45) is 0. The predicted octanol–water partition coefficient (Wildman–Crippen LogP) is -0.106. The Morgan fingerprint density at radius 3 is 2.70 bits per heavy atom. The highest BCUT2D eigenvalue weighted by atomic mass is 16.2. The van der Waals surface area contributed by atoms with Crippen LogP contribution in [0.2, 0.25) is 0 Å². The van der Waals surface area contributed by atoms with Crippen molar-refractivity contribution in [2.45, 2.75) is 0 Å². The van der Waals surface area contributed by atoms with E-state index in [0.717, 1.165) is 0 Å². The van der Waals surface area contributed by atoms with Gasteiger partial charge in [0, 0.05) is 31.4 Å². The van der Waals surface area contributed by atoms with Crippen LogP contribution in [0.1, 0.15) is 10.4 Å². The van der Waals surface area contributed by atoms with Crippen LogP contribution in [-0.2, 0) is 9.59 Å². The van der Waals surface area contributed by atoms with Crippen LogP contribution in [0.3, 0.4) is 0 Å². The summed E-state index contributed by atoms with van der Waals surface area (Å²) in [6.45, 7) is 1.16. The van der Waals surface area contributed by atoms with Gasteiger partial charge in [0.1, 0.15) is 0 Å². The zero-order valence-corrected chi connectivity index (χ0v) is 11.5. The predicted molar refractivity (Wildman–Crippen MR) is 74.7 cm³/mol. The van der Waals surface area contributed by atoms with Crippen LogP contribution in [0, 0.1) is 0 Å². The average molecular weight is 275 g/mol. The van der Waals surface area contributed by atoms with Crippen molar-refractivity contribution in [3.63, 3.8) is 0 Å². The van der Waals surface area contributed by atoms with Gasteiger partial charge in [-0.25, -0.2) is 0 Å². The first kappa shape index (κ1) is 14.2. The Kier molecular flexibility index (Phi) is 4.14. The summed E-state index contributed by atoms with van der Waals surface area (Å²) in [5.41, 5.74) is 1.11. The second kappa shape index (κ2) is 5.83. The van der Waals surface area contributed by atoms with E-state index >= 15 is 0 Å². The maximum Gasteiger partial charge on any atom is 0.316 e. The number of hydrogen-bond acceptors (Lipinski definition) is 4. The first-order valence-corrected chi connectivity index (χ1v) is 6.39. The van der Waals surface area contributed by atoms with E-state index in [1.165, 1.54) is 9.80 Å². The Bertz CT molecular complexity index is 556. The molecule has 0 atom stereocenters. The van der Waals surface area contributed by atoms with Crippen molar-refractivity contribution in [3.8, 4) is 0 Å². The van der Waals surface area contributed by atoms with Crippen LogP contribution in [0.25, 0.3) is 0 Å². The molecule has 0 saturated carbocycles. The molecule has 20 heavy (non-hydrogen) atoms. The van der Waals surface area contributed by atoms with Crippen LogP contribution in [-0.4, -0.2) is 56.2 Å². The van der Waals surface area contributed by atoms with E-state index in [2.05, 4.69) is 5.32 Å². The van der Waals surface area contributed by atoms with Gasteiger partial charge in [-0.1, -0.05) is 12.1 Å². The molecule has 2 amide bonds. The Labute approximate surface area is 117 Å². The molecule has 6 heteroatoms. The summed E-state index contributed by atoms with van der Waals surface area (Å²) in [6, 6.07) is 6.79. The lowest BCUT2D eigenvalue weighted by Crippen LogP contribution is -2.53. The molecule has 0 bridgehead atoms. The van der Waals surface area contributed by atoms with Crippen LogP contribution in [0.15, 0.2) is 24.3 Å². The van der Waals surface area contributed by atoms with Gasteiger partial charge in [0.2, 0.25) is 0 Å². The fraction of sp³-hybridized carbons (Fsp3) is 0.357. The molecule has 6 nitrogen and oxygen atoms in total. The summed E-state index contributed by atoms with van der Waals surface area (Å²) < 4.78 is 0. The average Bonchev–Trinajstić information content (AvgIpc) is 2.45. The number of carbonyl (C=O) groups excluding carboxylic acids is 3. The van der Waals surface area contributed by atoms with Crippen molar-refractivity contribution in [3.05, 3.63) is 29.8 Å². The Balaban J connectivity index is 2.25. The van der Waals surface area contributed by atoms with E-state index in [1.54, 1.807) is 38.4 Å². The minimum atomic E-state index is -0.558. The number of nitrogens with zero attached hydrogens (tertiary/aromatic N) is 2. The molecule has 1 saturated heterocycles. The van der Waals surface area contributed by atoms with Crippen molar-refractivity contribution in [1.82, 2.24) is 10.2 Å². The van der Waals surface area contributed by atoms with E-state index < -0.39 is 11.8 Å². The molecule has 1 aliphatic heterocycles. The maximum absolute atomic E-state index is 12.0. The quantitative estimate of drug-likeness (QED) is 0.615. The normalized spacial score (nSPS) is 15.7. The summed E-state index contributed by atoms with van der Waals surface area (Å²) in [4.78, 5) is 38.3. The minimum Gasteiger partial charge on any atom is -0.336 e. The second-order valence-electron chi connectivity index (χ2n) is 4.69. The van der Waals surface area contributed by atoms with Crippen molar-refractivity contribution >= 4 is 23.3 Å². The molecular weight excluding hydrogens is 258 g/mol. The molecule has 1 aromatic carbocycles. The molecule has 106 valence electrons. The standard InChI is InChI=1S/C14H17N3O3/c1-15-9-12(18)10-4-3-5-11(8-10)17-7-6-16(2)13(19)14(17)20/h3-5,8,15H,6-7,9H2,1-2H3. The first-order valence-electron chi connectivity index (χ1n) is 6.39. The van der Waals surface area contributed by atoms with Crippen molar-refractivity contribution in [2.24, 2.45) is 0 Å². The van der Waals surface area contributed by atoms with E-state index in [4.69, 9.17) is 0 Å². The second-order valence-corrected chi connectivity index (χ2v) is 4.69. The molecule has 1 aromatic rings. The molecular formula is C14H17N3O3. The zero-order valence-electron chi connectivity index (χ0n) is 11.5. The molecule has 1 N–H and O–H groups in total. The summed E-state index contributed by atoms with van der Waals surface area (Å²) in [5.74, 6) is -1.14.